The van der Waals surface area contributed by atoms with Gasteiger partial charge < -0.3 is 5.73 Å². The largest absolute Gasteiger partial charge is 0.384 e. The molecular formula is C14H12N4. The summed E-state index contributed by atoms with van der Waals surface area (Å²) in [5.74, 6) is 1.26. The van der Waals surface area contributed by atoms with E-state index in [0.717, 1.165) is 28.0 Å². The van der Waals surface area contributed by atoms with Gasteiger partial charge in [-0.15, -0.1) is 0 Å². The first kappa shape index (κ1) is 10.7. The molecule has 0 unspecified atom stereocenters. The van der Waals surface area contributed by atoms with E-state index in [1.54, 1.807) is 12.3 Å². The van der Waals surface area contributed by atoms with Crippen LogP contribution in [0.15, 0.2) is 42.6 Å². The Balaban J connectivity index is 2.31. The lowest BCUT2D eigenvalue weighted by atomic mass is 10.1. The van der Waals surface area contributed by atoms with Gasteiger partial charge in [-0.25, -0.2) is 15.0 Å². The Hall–Kier alpha value is -2.49. The molecule has 0 aliphatic rings. The molecule has 0 amide bonds. The van der Waals surface area contributed by atoms with E-state index in [9.17, 15) is 0 Å². The average Bonchev–Trinajstić information content (AvgIpc) is 2.38. The van der Waals surface area contributed by atoms with E-state index >= 15 is 0 Å². The predicted molar refractivity (Wildman–Crippen MR) is 71.9 cm³/mol. The first-order chi connectivity index (χ1) is 8.74. The minimum Gasteiger partial charge on any atom is -0.384 e. The Kier molecular flexibility index (Phi) is 2.41. The lowest BCUT2D eigenvalue weighted by Gasteiger charge is -2.06. The van der Waals surface area contributed by atoms with Crippen molar-refractivity contribution in [2.24, 2.45) is 0 Å². The second kappa shape index (κ2) is 4.07. The van der Waals surface area contributed by atoms with Crippen LogP contribution in [0.3, 0.4) is 0 Å². The van der Waals surface area contributed by atoms with Crippen LogP contribution in [0.4, 0.5) is 5.82 Å². The molecule has 0 atom stereocenters. The maximum Gasteiger partial charge on any atom is 0.126 e. The van der Waals surface area contributed by atoms with Crippen LogP contribution in [-0.2, 0) is 0 Å². The third-order valence-electron chi connectivity index (χ3n) is 2.77. The monoisotopic (exact) mass is 236 g/mol. The number of benzene rings is 1. The first-order valence-corrected chi connectivity index (χ1v) is 5.69. The van der Waals surface area contributed by atoms with E-state index in [0.29, 0.717) is 5.82 Å². The van der Waals surface area contributed by atoms with Crippen molar-refractivity contribution >= 4 is 16.7 Å². The molecule has 0 radical (unpaired) electrons. The third kappa shape index (κ3) is 1.78. The summed E-state index contributed by atoms with van der Waals surface area (Å²) in [7, 11) is 0. The number of anilines is 1. The number of nitrogens with two attached hydrogens (primary N) is 1. The number of pyridine rings is 1. The lowest BCUT2D eigenvalue weighted by Crippen LogP contribution is -1.95. The fraction of sp³-hybridized carbons (Fsp3) is 0.0714. The van der Waals surface area contributed by atoms with Crippen molar-refractivity contribution in [2.75, 3.05) is 5.73 Å². The summed E-state index contributed by atoms with van der Waals surface area (Å²) in [5, 5.41) is 1.02. The van der Waals surface area contributed by atoms with Crippen LogP contribution < -0.4 is 5.73 Å². The quantitative estimate of drug-likeness (QED) is 0.705. The van der Waals surface area contributed by atoms with Crippen molar-refractivity contribution in [3.63, 3.8) is 0 Å². The van der Waals surface area contributed by atoms with Crippen LogP contribution >= 0.6 is 0 Å². The number of fused-ring (bicyclic) bond motifs is 1. The molecule has 3 rings (SSSR count). The van der Waals surface area contributed by atoms with Crippen LogP contribution in [0, 0.1) is 6.92 Å². The minimum absolute atomic E-state index is 0.508. The molecule has 0 saturated carbocycles. The van der Waals surface area contributed by atoms with Gasteiger partial charge in [0.2, 0.25) is 0 Å². The standard InChI is InChI=1S/C14H12N4/c1-9-17-12-5-3-2-4-11(12)14(18-9)10-6-7-13(15)16-8-10/h2-8H,1H3,(H2,15,16). The molecule has 18 heavy (non-hydrogen) atoms. The van der Waals surface area contributed by atoms with Crippen LogP contribution in [0.1, 0.15) is 5.82 Å². The Morgan fingerprint density at radius 1 is 1.00 bits per heavy atom. The summed E-state index contributed by atoms with van der Waals surface area (Å²) >= 11 is 0. The summed E-state index contributed by atoms with van der Waals surface area (Å²) in [6, 6.07) is 11.7. The first-order valence-electron chi connectivity index (χ1n) is 5.69. The number of para-hydroxylation sites is 1. The van der Waals surface area contributed by atoms with Gasteiger partial charge in [0.05, 0.1) is 11.2 Å². The van der Waals surface area contributed by atoms with Gasteiger partial charge in [0.15, 0.2) is 0 Å². The number of aromatic nitrogens is 3. The zero-order valence-electron chi connectivity index (χ0n) is 9.96. The number of hydrogen-bond donors (Lipinski definition) is 1. The van der Waals surface area contributed by atoms with Gasteiger partial charge in [0.25, 0.3) is 0 Å². The predicted octanol–water partition coefficient (Wildman–Crippen LogP) is 2.58. The van der Waals surface area contributed by atoms with Crippen molar-refractivity contribution in [1.29, 1.82) is 0 Å². The van der Waals surface area contributed by atoms with E-state index in [-0.39, 0.29) is 0 Å². The molecule has 2 heterocycles. The molecule has 0 fully saturated rings. The topological polar surface area (TPSA) is 64.7 Å². The summed E-state index contributed by atoms with van der Waals surface area (Å²) in [4.78, 5) is 13.0. The summed E-state index contributed by atoms with van der Waals surface area (Å²) in [6.07, 6.45) is 1.74. The smallest absolute Gasteiger partial charge is 0.126 e. The second-order valence-electron chi connectivity index (χ2n) is 4.11. The Bertz CT molecular complexity index is 705. The van der Waals surface area contributed by atoms with Gasteiger partial charge in [0, 0.05) is 17.1 Å². The van der Waals surface area contributed by atoms with Gasteiger partial charge in [-0.1, -0.05) is 18.2 Å². The molecule has 0 aliphatic heterocycles. The molecule has 2 aromatic heterocycles. The highest BCUT2D eigenvalue weighted by molar-refractivity contribution is 5.92. The molecule has 1 aromatic carbocycles. The normalized spacial score (nSPS) is 10.7. The maximum atomic E-state index is 5.60. The molecule has 0 bridgehead atoms. The van der Waals surface area contributed by atoms with Gasteiger partial charge in [-0.05, 0) is 25.1 Å². The summed E-state index contributed by atoms with van der Waals surface area (Å²) < 4.78 is 0. The maximum absolute atomic E-state index is 5.60. The van der Waals surface area contributed by atoms with Gasteiger partial charge in [-0.3, -0.25) is 0 Å². The van der Waals surface area contributed by atoms with Crippen molar-refractivity contribution in [3.8, 4) is 11.3 Å². The van der Waals surface area contributed by atoms with Crippen molar-refractivity contribution in [2.45, 2.75) is 6.92 Å². The Labute approximate surface area is 105 Å². The SMILES string of the molecule is Cc1nc(-c2ccc(N)nc2)c2ccccc2n1. The van der Waals surface area contributed by atoms with Gasteiger partial charge in [0.1, 0.15) is 11.6 Å². The van der Waals surface area contributed by atoms with Crippen molar-refractivity contribution < 1.29 is 0 Å². The van der Waals surface area contributed by atoms with E-state index < -0.39 is 0 Å². The number of aryl methyl sites for hydroxylation is 1. The number of nitrogen functional groups attached to an aromatic ring is 1. The van der Waals surface area contributed by atoms with Gasteiger partial charge >= 0.3 is 0 Å². The number of nitrogens with zero attached hydrogens (tertiary/aromatic N) is 3. The Morgan fingerprint density at radius 3 is 2.61 bits per heavy atom. The fourth-order valence-electron chi connectivity index (χ4n) is 1.96. The highest BCUT2D eigenvalue weighted by Crippen LogP contribution is 2.25. The van der Waals surface area contributed by atoms with Crippen molar-refractivity contribution in [1.82, 2.24) is 15.0 Å². The number of hydrogen-bond acceptors (Lipinski definition) is 4. The average molecular weight is 236 g/mol. The third-order valence-corrected chi connectivity index (χ3v) is 2.77. The molecule has 3 aromatic rings. The molecule has 0 spiro atoms. The van der Waals surface area contributed by atoms with Crippen molar-refractivity contribution in [3.05, 3.63) is 48.4 Å². The zero-order chi connectivity index (χ0) is 12.5. The van der Waals surface area contributed by atoms with Crippen LogP contribution in [0.2, 0.25) is 0 Å². The van der Waals surface area contributed by atoms with Crippen LogP contribution in [0.5, 0.6) is 0 Å². The molecule has 4 heteroatoms. The van der Waals surface area contributed by atoms with Crippen LogP contribution in [-0.4, -0.2) is 15.0 Å². The van der Waals surface area contributed by atoms with E-state index in [1.807, 2.05) is 37.3 Å². The fourth-order valence-corrected chi connectivity index (χ4v) is 1.96. The minimum atomic E-state index is 0.508. The lowest BCUT2D eigenvalue weighted by molar-refractivity contribution is 1.09. The zero-order valence-corrected chi connectivity index (χ0v) is 9.96. The Morgan fingerprint density at radius 2 is 1.83 bits per heavy atom. The molecule has 4 nitrogen and oxygen atoms in total. The van der Waals surface area contributed by atoms with Gasteiger partial charge in [-0.2, -0.15) is 0 Å². The molecular weight excluding hydrogens is 224 g/mol. The number of rotatable bonds is 1. The summed E-state index contributed by atoms with van der Waals surface area (Å²) in [5.41, 5.74) is 8.39. The highest BCUT2D eigenvalue weighted by atomic mass is 14.9. The van der Waals surface area contributed by atoms with E-state index in [2.05, 4.69) is 15.0 Å². The molecule has 0 aliphatic carbocycles. The highest BCUT2D eigenvalue weighted by Gasteiger charge is 2.07. The molecule has 88 valence electrons. The van der Waals surface area contributed by atoms with Crippen LogP contribution in [0.25, 0.3) is 22.2 Å². The van der Waals surface area contributed by atoms with E-state index in [1.165, 1.54) is 0 Å². The molecule has 0 saturated heterocycles. The molecule has 2 N–H and O–H groups in total. The second-order valence-corrected chi connectivity index (χ2v) is 4.11. The van der Waals surface area contributed by atoms with E-state index in [4.69, 9.17) is 5.73 Å². The summed E-state index contributed by atoms with van der Waals surface area (Å²) in [6.45, 7) is 1.89.